The molecule has 0 saturated carbocycles. The van der Waals surface area contributed by atoms with E-state index in [1.807, 2.05) is 54.6 Å². The quantitative estimate of drug-likeness (QED) is 0.0523. The maximum Gasteiger partial charge on any atom is 0.124 e. The Morgan fingerprint density at radius 2 is 0.808 bits per heavy atom. The first-order valence-electron chi connectivity index (χ1n) is 20.6. The number of benzene rings is 1. The molecule has 0 aliphatic rings. The topological polar surface area (TPSA) is 66.4 Å². The van der Waals surface area contributed by atoms with E-state index < -0.39 is 0 Å². The van der Waals surface area contributed by atoms with Gasteiger partial charge in [0.25, 0.3) is 0 Å². The highest BCUT2D eigenvalue weighted by molar-refractivity contribution is 5.64. The van der Waals surface area contributed by atoms with Crippen molar-refractivity contribution in [3.05, 3.63) is 84.7 Å². The Hall–Kier alpha value is -3.93. The van der Waals surface area contributed by atoms with Crippen LogP contribution in [0.4, 0.5) is 0 Å². The van der Waals surface area contributed by atoms with Gasteiger partial charge >= 0.3 is 0 Å². The van der Waals surface area contributed by atoms with Crippen molar-refractivity contribution in [3.63, 3.8) is 0 Å². The molecule has 4 aromatic rings. The van der Waals surface area contributed by atoms with E-state index in [1.54, 1.807) is 12.4 Å². The number of nitrogens with zero attached hydrogens (tertiary/aromatic N) is 3. The molecule has 0 N–H and O–H groups in total. The number of pyridine rings is 3. The lowest BCUT2D eigenvalue weighted by molar-refractivity contribution is 0.282. The number of unbranched alkanes of at least 4 members (excludes halogenated alkanes) is 18. The van der Waals surface area contributed by atoms with Crippen molar-refractivity contribution in [3.8, 4) is 40.0 Å². The van der Waals surface area contributed by atoms with Gasteiger partial charge in [-0.2, -0.15) is 0 Å². The zero-order chi connectivity index (χ0) is 36.3. The van der Waals surface area contributed by atoms with Crippen LogP contribution < -0.4 is 14.2 Å². The van der Waals surface area contributed by atoms with E-state index in [0.29, 0.717) is 25.6 Å². The molecule has 3 heterocycles. The normalized spacial score (nSPS) is 11.1. The minimum atomic E-state index is 0.372. The van der Waals surface area contributed by atoms with E-state index in [9.17, 15) is 0 Å². The molecule has 0 fully saturated rings. The van der Waals surface area contributed by atoms with E-state index in [1.165, 1.54) is 116 Å². The van der Waals surface area contributed by atoms with Gasteiger partial charge in [-0.15, -0.1) is 0 Å². The van der Waals surface area contributed by atoms with Gasteiger partial charge in [-0.1, -0.05) is 142 Å². The number of hydrogen-bond acceptors (Lipinski definition) is 6. The molecule has 3 aromatic heterocycles. The largest absolute Gasteiger partial charge is 0.493 e. The Kier molecular flexibility index (Phi) is 20.4. The Labute approximate surface area is 315 Å². The van der Waals surface area contributed by atoms with Crippen LogP contribution in [0.1, 0.15) is 148 Å². The van der Waals surface area contributed by atoms with Crippen molar-refractivity contribution in [1.82, 2.24) is 15.0 Å². The second kappa shape index (κ2) is 25.9. The predicted molar refractivity (Wildman–Crippen MR) is 216 cm³/mol. The van der Waals surface area contributed by atoms with Crippen molar-refractivity contribution in [2.45, 2.75) is 149 Å². The molecule has 0 unspecified atom stereocenters. The fourth-order valence-electron chi connectivity index (χ4n) is 6.49. The molecular weight excluding hydrogens is 643 g/mol. The van der Waals surface area contributed by atoms with Crippen molar-refractivity contribution < 1.29 is 14.2 Å². The molecule has 0 atom stereocenters. The lowest BCUT2D eigenvalue weighted by Gasteiger charge is -2.14. The summed E-state index contributed by atoms with van der Waals surface area (Å²) < 4.78 is 19.1. The van der Waals surface area contributed by atoms with E-state index in [-0.39, 0.29) is 0 Å². The first-order valence-corrected chi connectivity index (χ1v) is 20.6. The monoisotopic (exact) mass is 708 g/mol. The second-order valence-electron chi connectivity index (χ2n) is 14.2. The average molecular weight is 708 g/mol. The first kappa shape index (κ1) is 40.8. The van der Waals surface area contributed by atoms with Crippen LogP contribution in [0.25, 0.3) is 22.8 Å². The number of rotatable bonds is 29. The summed E-state index contributed by atoms with van der Waals surface area (Å²) in [7, 11) is 0. The van der Waals surface area contributed by atoms with Crippen LogP contribution in [0.2, 0.25) is 0 Å². The summed E-state index contributed by atoms with van der Waals surface area (Å²) in [5.41, 5.74) is 4.07. The lowest BCUT2D eigenvalue weighted by atomic mass is 10.1. The average Bonchev–Trinajstić information content (AvgIpc) is 3.19. The van der Waals surface area contributed by atoms with Gasteiger partial charge in [0.2, 0.25) is 0 Å². The van der Waals surface area contributed by atoms with Crippen LogP contribution in [0.3, 0.4) is 0 Å². The highest BCUT2D eigenvalue weighted by Crippen LogP contribution is 2.29. The van der Waals surface area contributed by atoms with E-state index >= 15 is 0 Å². The molecule has 52 heavy (non-hydrogen) atoms. The lowest BCUT2D eigenvalue weighted by Crippen LogP contribution is -2.03. The third-order valence-corrected chi connectivity index (χ3v) is 9.53. The van der Waals surface area contributed by atoms with Crippen molar-refractivity contribution in [2.24, 2.45) is 0 Å². The summed E-state index contributed by atoms with van der Waals surface area (Å²) in [5, 5.41) is 0. The van der Waals surface area contributed by atoms with Crippen molar-refractivity contribution in [2.75, 3.05) is 13.2 Å². The van der Waals surface area contributed by atoms with Crippen LogP contribution in [0.15, 0.2) is 79.1 Å². The van der Waals surface area contributed by atoms with E-state index in [0.717, 1.165) is 52.7 Å². The summed E-state index contributed by atoms with van der Waals surface area (Å²) >= 11 is 0. The molecule has 4 rings (SSSR count). The van der Waals surface area contributed by atoms with Gasteiger partial charge < -0.3 is 14.2 Å². The van der Waals surface area contributed by atoms with Gasteiger partial charge in [0.15, 0.2) is 0 Å². The van der Waals surface area contributed by atoms with Gasteiger partial charge in [0.05, 0.1) is 36.0 Å². The Balaban J connectivity index is 1.33. The molecule has 0 aliphatic carbocycles. The smallest absolute Gasteiger partial charge is 0.124 e. The fourth-order valence-corrected chi connectivity index (χ4v) is 6.49. The molecule has 1 aromatic carbocycles. The SMILES string of the molecule is CCCCCCCCCCCCOc1cc(COc2cc(-c3ccccn3)nc(-c3ccccn3)c2)cc(OCCCCCCCCCCCC)c1. The number of ether oxygens (including phenoxy) is 3. The van der Waals surface area contributed by atoms with Crippen LogP contribution in [0, 0.1) is 0 Å². The number of aromatic nitrogens is 3. The summed E-state index contributed by atoms with van der Waals surface area (Å²) in [6, 6.07) is 21.8. The maximum absolute atomic E-state index is 6.44. The zero-order valence-corrected chi connectivity index (χ0v) is 32.3. The Morgan fingerprint density at radius 1 is 0.404 bits per heavy atom. The van der Waals surface area contributed by atoms with E-state index in [2.05, 4.69) is 35.9 Å². The zero-order valence-electron chi connectivity index (χ0n) is 32.3. The summed E-state index contributed by atoms with van der Waals surface area (Å²) in [6.45, 7) is 6.35. The molecule has 0 aliphatic heterocycles. The molecule has 282 valence electrons. The highest BCUT2D eigenvalue weighted by Gasteiger charge is 2.11. The molecule has 0 radical (unpaired) electrons. The third-order valence-electron chi connectivity index (χ3n) is 9.53. The summed E-state index contributed by atoms with van der Waals surface area (Å²) in [4.78, 5) is 13.9. The summed E-state index contributed by atoms with van der Waals surface area (Å²) in [5.74, 6) is 2.39. The van der Waals surface area contributed by atoms with E-state index in [4.69, 9.17) is 19.2 Å². The minimum Gasteiger partial charge on any atom is -0.493 e. The highest BCUT2D eigenvalue weighted by atomic mass is 16.5. The van der Waals surface area contributed by atoms with Crippen molar-refractivity contribution in [1.29, 1.82) is 0 Å². The van der Waals surface area contributed by atoms with Crippen LogP contribution in [-0.2, 0) is 6.61 Å². The maximum atomic E-state index is 6.44. The van der Waals surface area contributed by atoms with Gasteiger partial charge in [-0.25, -0.2) is 4.98 Å². The van der Waals surface area contributed by atoms with Gasteiger partial charge in [0.1, 0.15) is 23.9 Å². The van der Waals surface area contributed by atoms with Crippen LogP contribution in [0.5, 0.6) is 17.2 Å². The molecule has 0 spiro atoms. The molecule has 6 nitrogen and oxygen atoms in total. The molecule has 0 saturated heterocycles. The molecule has 6 heteroatoms. The Bertz CT molecular complexity index is 1380. The van der Waals surface area contributed by atoms with Gasteiger partial charge in [-0.05, 0) is 54.8 Å². The third kappa shape index (κ3) is 16.6. The van der Waals surface area contributed by atoms with Crippen LogP contribution >= 0.6 is 0 Å². The minimum absolute atomic E-state index is 0.372. The van der Waals surface area contributed by atoms with Crippen LogP contribution in [-0.4, -0.2) is 28.2 Å². The Morgan fingerprint density at radius 3 is 1.21 bits per heavy atom. The number of hydrogen-bond donors (Lipinski definition) is 0. The first-order chi connectivity index (χ1) is 25.7. The van der Waals surface area contributed by atoms with Gasteiger partial charge in [0, 0.05) is 30.6 Å². The predicted octanol–water partition coefficient (Wildman–Crippen LogP) is 13.4. The van der Waals surface area contributed by atoms with Crippen molar-refractivity contribution >= 4 is 0 Å². The molecule has 0 amide bonds. The fraction of sp³-hybridized carbons (Fsp3) is 0.543. The summed E-state index contributed by atoms with van der Waals surface area (Å²) in [6.07, 6.45) is 29.7. The second-order valence-corrected chi connectivity index (χ2v) is 14.2. The molecule has 0 bridgehead atoms. The standard InChI is InChI=1S/C46H65N3O3/c1-3-5-7-9-11-13-15-17-19-25-31-50-40-33-39(34-41(35-40)51-32-26-20-18-16-14-12-10-8-6-4-2)38-52-42-36-45(43-27-21-23-29-47-43)49-46(37-42)44-28-22-24-30-48-44/h21-24,27-30,33-37H,3-20,25-26,31-32,38H2,1-2H3. The van der Waals surface area contributed by atoms with Gasteiger partial charge in [-0.3, -0.25) is 9.97 Å². The molecular formula is C46H65N3O3.